The van der Waals surface area contributed by atoms with Gasteiger partial charge in [-0.25, -0.2) is 4.99 Å². The van der Waals surface area contributed by atoms with Gasteiger partial charge < -0.3 is 10.8 Å². The molecule has 7 nitrogen and oxygen atoms in total. The van der Waals surface area contributed by atoms with Crippen LogP contribution in [-0.2, 0) is 17.4 Å². The van der Waals surface area contributed by atoms with Crippen LogP contribution in [0.25, 0.3) is 0 Å². The lowest BCUT2D eigenvalue weighted by Gasteiger charge is -2.22. The Bertz CT molecular complexity index is 855. The third-order valence-electron chi connectivity index (χ3n) is 4.07. The van der Waals surface area contributed by atoms with Crippen molar-refractivity contribution in [2.45, 2.75) is 65.8 Å². The number of nitrogens with zero attached hydrogens (tertiary/aromatic N) is 5. The molecule has 3 N–H and O–H groups in total. The Morgan fingerprint density at radius 1 is 0.933 bits per heavy atom. The molecular formula is C23H32N6O. The lowest BCUT2D eigenvalue weighted by atomic mass is 9.79. The maximum absolute atomic E-state index is 9.39. The molecule has 0 spiro atoms. The molecule has 160 valence electrons. The largest absolute Gasteiger partial charge is 0.388 e. The number of hydrogen-bond acceptors (Lipinski definition) is 5. The highest BCUT2D eigenvalue weighted by atomic mass is 16.3. The van der Waals surface area contributed by atoms with Crippen LogP contribution in [0.15, 0.2) is 28.2 Å². The topological polar surface area (TPSA) is 142 Å². The standard InChI is InChI=1S/C18H23N5O.C5H9N/c1-17(2,10-19)14-5-13(8-22-12-23-16(21)9-24)6-15(7-14)18(3,4)11-20;1-5(2,3)4-6/h5-7,12,24H,8-9H2,1-4H3,(H2,21,22,23);1-3H3. The predicted octanol–water partition coefficient (Wildman–Crippen LogP) is 3.72. The summed E-state index contributed by atoms with van der Waals surface area (Å²) in [4.78, 5) is 7.94. The molecule has 0 aromatic heterocycles. The molecule has 0 aliphatic rings. The van der Waals surface area contributed by atoms with Crippen molar-refractivity contribution in [2.24, 2.45) is 21.1 Å². The van der Waals surface area contributed by atoms with Gasteiger partial charge in [0.1, 0.15) is 18.8 Å². The van der Waals surface area contributed by atoms with E-state index in [4.69, 9.17) is 16.1 Å². The van der Waals surface area contributed by atoms with E-state index in [1.165, 1.54) is 6.34 Å². The molecular weight excluding hydrogens is 376 g/mol. The monoisotopic (exact) mass is 408 g/mol. The third kappa shape index (κ3) is 9.32. The normalized spacial score (nSPS) is 12.4. The summed E-state index contributed by atoms with van der Waals surface area (Å²) >= 11 is 0. The molecule has 1 aromatic carbocycles. The number of amidine groups is 1. The number of rotatable bonds is 6. The zero-order valence-electron chi connectivity index (χ0n) is 19.0. The number of nitrogens with two attached hydrogens (primary N) is 1. The van der Waals surface area contributed by atoms with Crippen LogP contribution in [0.4, 0.5) is 0 Å². The molecule has 30 heavy (non-hydrogen) atoms. The van der Waals surface area contributed by atoms with Gasteiger partial charge in [0.05, 0.1) is 35.6 Å². The summed E-state index contributed by atoms with van der Waals surface area (Å²) in [6.45, 7) is 13.0. The highest BCUT2D eigenvalue weighted by Crippen LogP contribution is 2.30. The van der Waals surface area contributed by atoms with Gasteiger partial charge in [-0.3, -0.25) is 4.99 Å². The van der Waals surface area contributed by atoms with Crippen LogP contribution in [0.1, 0.15) is 65.2 Å². The van der Waals surface area contributed by atoms with Crippen molar-refractivity contribution in [1.29, 1.82) is 15.8 Å². The first-order valence-electron chi connectivity index (χ1n) is 9.52. The molecule has 0 fully saturated rings. The lowest BCUT2D eigenvalue weighted by molar-refractivity contribution is 0.356. The minimum Gasteiger partial charge on any atom is -0.388 e. The maximum Gasteiger partial charge on any atom is 0.127 e. The molecule has 0 radical (unpaired) electrons. The van der Waals surface area contributed by atoms with E-state index in [9.17, 15) is 10.5 Å². The van der Waals surface area contributed by atoms with Crippen LogP contribution in [-0.4, -0.2) is 23.9 Å². The van der Waals surface area contributed by atoms with Gasteiger partial charge in [0, 0.05) is 5.41 Å². The molecule has 0 saturated carbocycles. The minimum atomic E-state index is -0.667. The first-order valence-corrected chi connectivity index (χ1v) is 9.52. The SMILES string of the molecule is CC(C)(C#N)c1cc(CN=CN=C(N)CO)cc(C(C)(C)C#N)c1.CC(C)(C)C#N. The van der Waals surface area contributed by atoms with E-state index in [2.05, 4.69) is 28.2 Å². The van der Waals surface area contributed by atoms with Gasteiger partial charge >= 0.3 is 0 Å². The van der Waals surface area contributed by atoms with Crippen molar-refractivity contribution in [2.75, 3.05) is 6.61 Å². The van der Waals surface area contributed by atoms with E-state index in [0.29, 0.717) is 6.54 Å². The number of aliphatic hydroxyl groups excluding tert-OH is 1. The van der Waals surface area contributed by atoms with Crippen molar-refractivity contribution in [3.05, 3.63) is 34.9 Å². The number of aliphatic hydroxyl groups is 1. The van der Waals surface area contributed by atoms with Gasteiger partial charge in [-0.05, 0) is 65.2 Å². The van der Waals surface area contributed by atoms with Crippen LogP contribution in [0.3, 0.4) is 0 Å². The molecule has 7 heteroatoms. The van der Waals surface area contributed by atoms with E-state index in [1.807, 2.05) is 66.7 Å². The maximum atomic E-state index is 9.39. The van der Waals surface area contributed by atoms with Gasteiger partial charge in [0.15, 0.2) is 0 Å². The second-order valence-electron chi connectivity index (χ2n) is 8.99. The van der Waals surface area contributed by atoms with Crippen molar-refractivity contribution in [3.63, 3.8) is 0 Å². The smallest absolute Gasteiger partial charge is 0.127 e. The average Bonchev–Trinajstić information content (AvgIpc) is 2.70. The number of hydrogen-bond donors (Lipinski definition) is 2. The molecule has 0 atom stereocenters. The van der Waals surface area contributed by atoms with Crippen molar-refractivity contribution in [3.8, 4) is 18.2 Å². The fourth-order valence-electron chi connectivity index (χ4n) is 1.94. The fourth-order valence-corrected chi connectivity index (χ4v) is 1.94. The molecule has 0 amide bonds. The van der Waals surface area contributed by atoms with Crippen LogP contribution < -0.4 is 5.73 Å². The zero-order valence-corrected chi connectivity index (χ0v) is 19.0. The average molecular weight is 409 g/mol. The summed E-state index contributed by atoms with van der Waals surface area (Å²) in [5, 5.41) is 35.7. The molecule has 1 rings (SSSR count). The van der Waals surface area contributed by atoms with Gasteiger partial charge in [0.2, 0.25) is 0 Å². The highest BCUT2D eigenvalue weighted by Gasteiger charge is 2.26. The van der Waals surface area contributed by atoms with Crippen molar-refractivity contribution in [1.82, 2.24) is 0 Å². The summed E-state index contributed by atoms with van der Waals surface area (Å²) < 4.78 is 0. The molecule has 1 aromatic rings. The second-order valence-corrected chi connectivity index (χ2v) is 8.99. The molecule has 0 aliphatic heterocycles. The summed E-state index contributed by atoms with van der Waals surface area (Å²) in [6.07, 6.45) is 1.29. The molecule has 0 heterocycles. The fraction of sp³-hybridized carbons (Fsp3) is 0.522. The highest BCUT2D eigenvalue weighted by molar-refractivity contribution is 5.88. The second kappa shape index (κ2) is 11.1. The number of nitriles is 3. The van der Waals surface area contributed by atoms with Crippen LogP contribution in [0.5, 0.6) is 0 Å². The molecule has 0 bridgehead atoms. The van der Waals surface area contributed by atoms with E-state index in [0.717, 1.165) is 16.7 Å². The summed E-state index contributed by atoms with van der Waals surface area (Å²) in [7, 11) is 0. The van der Waals surface area contributed by atoms with Crippen LogP contribution in [0, 0.1) is 39.4 Å². The molecule has 0 saturated heterocycles. The van der Waals surface area contributed by atoms with E-state index >= 15 is 0 Å². The van der Waals surface area contributed by atoms with E-state index < -0.39 is 10.8 Å². The van der Waals surface area contributed by atoms with E-state index in [-0.39, 0.29) is 17.9 Å². The number of aliphatic imine (C=N–C) groups is 2. The minimum absolute atomic E-state index is 0.0874. The Hall–Kier alpha value is -3.21. The quantitative estimate of drug-likeness (QED) is 0.544. The summed E-state index contributed by atoms with van der Waals surface area (Å²) in [6, 6.07) is 12.4. The van der Waals surface area contributed by atoms with Gasteiger partial charge in [-0.2, -0.15) is 15.8 Å². The van der Waals surface area contributed by atoms with Crippen molar-refractivity contribution >= 4 is 12.2 Å². The first kappa shape index (κ1) is 26.8. The summed E-state index contributed by atoms with van der Waals surface area (Å²) in [5.74, 6) is 0.0874. The molecule has 0 unspecified atom stereocenters. The van der Waals surface area contributed by atoms with Crippen LogP contribution >= 0.6 is 0 Å². The van der Waals surface area contributed by atoms with E-state index in [1.54, 1.807) is 0 Å². The Kier molecular flexibility index (Phi) is 9.91. The Balaban J connectivity index is 0.00000122. The predicted molar refractivity (Wildman–Crippen MR) is 120 cm³/mol. The van der Waals surface area contributed by atoms with Crippen LogP contribution in [0.2, 0.25) is 0 Å². The number of benzene rings is 1. The summed E-state index contributed by atoms with van der Waals surface area (Å²) in [5.41, 5.74) is 6.46. The first-order chi connectivity index (χ1) is 13.7. The molecule has 0 aliphatic carbocycles. The Labute approximate surface area is 180 Å². The third-order valence-corrected chi connectivity index (χ3v) is 4.07. The lowest BCUT2D eigenvalue weighted by Crippen LogP contribution is -2.19. The zero-order chi connectivity index (χ0) is 23.6. The van der Waals surface area contributed by atoms with Gasteiger partial charge in [0.25, 0.3) is 0 Å². The Morgan fingerprint density at radius 2 is 1.37 bits per heavy atom. The van der Waals surface area contributed by atoms with Crippen molar-refractivity contribution < 1.29 is 5.11 Å². The van der Waals surface area contributed by atoms with Gasteiger partial charge in [-0.1, -0.05) is 18.2 Å². The van der Waals surface area contributed by atoms with Gasteiger partial charge in [-0.15, -0.1) is 0 Å². The Morgan fingerprint density at radius 3 is 1.70 bits per heavy atom.